The van der Waals surface area contributed by atoms with Gasteiger partial charge in [0.15, 0.2) is 0 Å². The van der Waals surface area contributed by atoms with E-state index in [9.17, 15) is 4.79 Å². The molecule has 0 aliphatic carbocycles. The first kappa shape index (κ1) is 18.4. The van der Waals surface area contributed by atoms with E-state index < -0.39 is 5.97 Å². The Bertz CT molecular complexity index is 173. The summed E-state index contributed by atoms with van der Waals surface area (Å²) < 4.78 is 14.8. The molecule has 0 aliphatic rings. The number of carboxylic acids is 1. The second-order valence-corrected chi connectivity index (χ2v) is 2.78. The van der Waals surface area contributed by atoms with E-state index in [-0.39, 0.29) is 6.61 Å². The number of aliphatic hydroxyl groups excluding tert-OH is 1. The summed E-state index contributed by atoms with van der Waals surface area (Å²) >= 11 is 0. The zero-order valence-electron chi connectivity index (χ0n) is 10.4. The molecule has 0 saturated carbocycles. The second-order valence-electron chi connectivity index (χ2n) is 2.78. The molecule has 0 atom stereocenters. The van der Waals surface area contributed by atoms with E-state index >= 15 is 0 Å². The molecule has 6 heteroatoms. The van der Waals surface area contributed by atoms with Crippen LogP contribution in [0, 0.1) is 0 Å². The molecule has 0 radical (unpaired) electrons. The first-order chi connectivity index (χ1) is 8.18. The number of carbonyl (C=O) groups is 1. The van der Waals surface area contributed by atoms with Crippen molar-refractivity contribution in [3.63, 3.8) is 0 Å². The molecule has 0 aliphatic heterocycles. The molecule has 2 N–H and O–H groups in total. The highest BCUT2D eigenvalue weighted by atomic mass is 16.5. The van der Waals surface area contributed by atoms with Crippen LogP contribution in [0.4, 0.5) is 0 Å². The number of ether oxygens (including phenoxy) is 3. The summed E-state index contributed by atoms with van der Waals surface area (Å²) in [4.78, 5) is 9.51. The van der Waals surface area contributed by atoms with Crippen molar-refractivity contribution in [1.29, 1.82) is 0 Å². The third kappa shape index (κ3) is 25.4. The summed E-state index contributed by atoms with van der Waals surface area (Å²) in [5.41, 5.74) is 0. The van der Waals surface area contributed by atoms with Crippen molar-refractivity contribution in [3.8, 4) is 0 Å². The van der Waals surface area contributed by atoms with Gasteiger partial charge in [-0.05, 0) is 6.92 Å². The average Bonchev–Trinajstić information content (AvgIpc) is 2.29. The number of aliphatic hydroxyl groups is 1. The maximum atomic E-state index is 9.51. The smallest absolute Gasteiger partial charge is 0.327 e. The van der Waals surface area contributed by atoms with Crippen molar-refractivity contribution in [2.45, 2.75) is 6.92 Å². The van der Waals surface area contributed by atoms with E-state index in [2.05, 4.69) is 0 Å². The van der Waals surface area contributed by atoms with Gasteiger partial charge in [-0.15, -0.1) is 0 Å². The summed E-state index contributed by atoms with van der Waals surface area (Å²) in [6.07, 6.45) is 2.56. The number of methoxy groups -OCH3 is 1. The highest BCUT2D eigenvalue weighted by Crippen LogP contribution is 1.78. The van der Waals surface area contributed by atoms with E-state index in [0.717, 1.165) is 6.08 Å². The van der Waals surface area contributed by atoms with Gasteiger partial charge in [-0.1, -0.05) is 6.08 Å². The molecule has 0 fully saturated rings. The first-order valence-corrected chi connectivity index (χ1v) is 5.29. The van der Waals surface area contributed by atoms with Gasteiger partial charge >= 0.3 is 5.97 Å². The van der Waals surface area contributed by atoms with Crippen molar-refractivity contribution in [3.05, 3.63) is 12.2 Å². The largest absolute Gasteiger partial charge is 0.478 e. The van der Waals surface area contributed by atoms with Gasteiger partial charge in [-0.2, -0.15) is 0 Å². The number of rotatable bonds is 9. The van der Waals surface area contributed by atoms with Crippen LogP contribution in [0.3, 0.4) is 0 Å². The molecule has 0 amide bonds. The van der Waals surface area contributed by atoms with Crippen molar-refractivity contribution >= 4 is 5.97 Å². The fourth-order valence-electron chi connectivity index (χ4n) is 0.671. The summed E-state index contributed by atoms with van der Waals surface area (Å²) in [6.45, 7) is 4.41. The predicted molar refractivity (Wildman–Crippen MR) is 63.0 cm³/mol. The number of hydrogen-bond acceptors (Lipinski definition) is 5. The number of carboxylic acid groups (broad SMARTS) is 1. The van der Waals surface area contributed by atoms with Crippen molar-refractivity contribution < 1.29 is 29.2 Å². The Hall–Kier alpha value is -0.950. The summed E-state index contributed by atoms with van der Waals surface area (Å²) in [5.74, 6) is -0.891. The minimum Gasteiger partial charge on any atom is -0.478 e. The molecule has 0 saturated heterocycles. The molecule has 102 valence electrons. The Morgan fingerprint density at radius 1 is 1.12 bits per heavy atom. The number of allylic oxidation sites excluding steroid dienone is 1. The number of hydrogen-bond donors (Lipinski definition) is 2. The third-order valence-corrected chi connectivity index (χ3v) is 1.35. The fourth-order valence-corrected chi connectivity index (χ4v) is 0.671. The van der Waals surface area contributed by atoms with Gasteiger partial charge in [0.1, 0.15) is 0 Å². The normalized spacial score (nSPS) is 10.1. The lowest BCUT2D eigenvalue weighted by atomic mass is 10.5. The molecule has 0 aromatic heterocycles. The highest BCUT2D eigenvalue weighted by Gasteiger charge is 1.87. The van der Waals surface area contributed by atoms with E-state index in [4.69, 9.17) is 24.4 Å². The topological polar surface area (TPSA) is 85.2 Å². The first-order valence-electron chi connectivity index (χ1n) is 5.29. The molecule has 0 rings (SSSR count). The summed E-state index contributed by atoms with van der Waals surface area (Å²) in [7, 11) is 1.63. The van der Waals surface area contributed by atoms with E-state index in [1.165, 1.54) is 6.08 Å². The molecule has 6 nitrogen and oxygen atoms in total. The van der Waals surface area contributed by atoms with Gasteiger partial charge in [0.25, 0.3) is 0 Å². The van der Waals surface area contributed by atoms with Crippen LogP contribution in [0.5, 0.6) is 0 Å². The molecular weight excluding hydrogens is 228 g/mol. The lowest BCUT2D eigenvalue weighted by molar-refractivity contribution is -0.131. The molecule has 0 heterocycles. The highest BCUT2D eigenvalue weighted by molar-refractivity contribution is 5.79. The second kappa shape index (κ2) is 17.4. The van der Waals surface area contributed by atoms with Crippen molar-refractivity contribution in [1.82, 2.24) is 0 Å². The van der Waals surface area contributed by atoms with Gasteiger partial charge in [0.05, 0.1) is 39.6 Å². The predicted octanol–water partition coefficient (Wildman–Crippen LogP) is 0.305. The van der Waals surface area contributed by atoms with Gasteiger partial charge in [-0.25, -0.2) is 4.79 Å². The molecule has 0 spiro atoms. The Morgan fingerprint density at radius 2 is 1.65 bits per heavy atom. The zero-order valence-corrected chi connectivity index (χ0v) is 10.4. The Balaban J connectivity index is 0. The van der Waals surface area contributed by atoms with E-state index in [1.807, 2.05) is 0 Å². The third-order valence-electron chi connectivity index (χ3n) is 1.35. The average molecular weight is 250 g/mol. The van der Waals surface area contributed by atoms with Crippen LogP contribution in [-0.4, -0.2) is 62.9 Å². The fraction of sp³-hybridized carbons (Fsp3) is 0.727. The van der Waals surface area contributed by atoms with E-state index in [1.54, 1.807) is 14.0 Å². The maximum absolute atomic E-state index is 9.51. The minimum absolute atomic E-state index is 0.0675. The zero-order chi connectivity index (χ0) is 13.4. The van der Waals surface area contributed by atoms with Crippen LogP contribution in [0.2, 0.25) is 0 Å². The Labute approximate surface area is 102 Å². The maximum Gasteiger partial charge on any atom is 0.327 e. The molecule has 0 unspecified atom stereocenters. The van der Waals surface area contributed by atoms with Crippen LogP contribution < -0.4 is 0 Å². The van der Waals surface area contributed by atoms with Crippen LogP contribution >= 0.6 is 0 Å². The van der Waals surface area contributed by atoms with Gasteiger partial charge in [-0.3, -0.25) is 0 Å². The monoisotopic (exact) mass is 250 g/mol. The summed E-state index contributed by atoms with van der Waals surface area (Å²) in [5, 5.41) is 16.1. The van der Waals surface area contributed by atoms with Crippen molar-refractivity contribution in [2.24, 2.45) is 0 Å². The molecule has 0 aromatic carbocycles. The summed E-state index contributed by atoms with van der Waals surface area (Å²) in [6, 6.07) is 0. The SMILES string of the molecule is CC=CC(=O)O.COCCOCCOCCO. The minimum atomic E-state index is -0.891. The van der Waals surface area contributed by atoms with E-state index in [0.29, 0.717) is 33.0 Å². The lowest BCUT2D eigenvalue weighted by Crippen LogP contribution is -2.09. The van der Waals surface area contributed by atoms with Crippen LogP contribution in [-0.2, 0) is 19.0 Å². The van der Waals surface area contributed by atoms with Crippen LogP contribution in [0.25, 0.3) is 0 Å². The van der Waals surface area contributed by atoms with Crippen LogP contribution in [0.15, 0.2) is 12.2 Å². The molecular formula is C11H22O6. The Morgan fingerprint density at radius 3 is 2.00 bits per heavy atom. The van der Waals surface area contributed by atoms with Crippen molar-refractivity contribution in [2.75, 3.05) is 46.8 Å². The van der Waals surface area contributed by atoms with Gasteiger partial charge in [0, 0.05) is 13.2 Å². The van der Waals surface area contributed by atoms with Gasteiger partial charge < -0.3 is 24.4 Å². The molecule has 0 aromatic rings. The standard InChI is InChI=1S/C7H16O4.C4H6O2/c1-9-4-5-11-7-6-10-3-2-8;1-2-3-4(5)6/h8H,2-7H2,1H3;2-3H,1H3,(H,5,6). The number of aliphatic carboxylic acids is 1. The lowest BCUT2D eigenvalue weighted by Gasteiger charge is -2.03. The molecule has 17 heavy (non-hydrogen) atoms. The Kier molecular flexibility index (Phi) is 18.9. The quantitative estimate of drug-likeness (QED) is 0.452. The molecule has 0 bridgehead atoms. The van der Waals surface area contributed by atoms with Crippen LogP contribution in [0.1, 0.15) is 6.92 Å². The van der Waals surface area contributed by atoms with Gasteiger partial charge in [0.2, 0.25) is 0 Å².